The monoisotopic (exact) mass is 418 g/mol. The van der Waals surface area contributed by atoms with Crippen molar-refractivity contribution in [3.63, 3.8) is 0 Å². The molecule has 1 aliphatic carbocycles. The Morgan fingerprint density at radius 3 is 2.70 bits per heavy atom. The number of aromatic amines is 1. The van der Waals surface area contributed by atoms with Crippen LogP contribution in [0.5, 0.6) is 0 Å². The minimum atomic E-state index is -2.52. The van der Waals surface area contributed by atoms with Crippen LogP contribution in [0.4, 0.5) is 8.78 Å². The fourth-order valence-corrected chi connectivity index (χ4v) is 5.19. The van der Waals surface area contributed by atoms with Gasteiger partial charge in [-0.15, -0.1) is 0 Å². The van der Waals surface area contributed by atoms with Crippen LogP contribution >= 0.6 is 0 Å². The van der Waals surface area contributed by atoms with Crippen LogP contribution in [0.15, 0.2) is 28.1 Å². The van der Waals surface area contributed by atoms with E-state index in [0.29, 0.717) is 19.1 Å². The molecule has 3 fully saturated rings. The maximum atomic E-state index is 13.5. The highest BCUT2D eigenvalue weighted by molar-refractivity contribution is 6.12. The molecular formula is C19H24F2N8O. The van der Waals surface area contributed by atoms with Gasteiger partial charge >= 0.3 is 0 Å². The summed E-state index contributed by atoms with van der Waals surface area (Å²) in [7, 11) is 0. The Morgan fingerprint density at radius 1 is 1.20 bits per heavy atom. The van der Waals surface area contributed by atoms with E-state index in [1.54, 1.807) is 18.7 Å². The summed E-state index contributed by atoms with van der Waals surface area (Å²) in [5.74, 6) is -1.76. The van der Waals surface area contributed by atoms with Gasteiger partial charge in [-0.25, -0.2) is 23.8 Å². The lowest BCUT2D eigenvalue weighted by molar-refractivity contribution is -0.205. The molecule has 160 valence electrons. The molecule has 1 aromatic heterocycles. The average Bonchev–Trinajstić information content (AvgIpc) is 3.33. The number of H-pyrrole nitrogens is 1. The molecule has 9 nitrogen and oxygen atoms in total. The number of halogens is 2. The standard InChI is InChI=1S/C19H24F2N8O/c20-19(21)7-18(8-19)9-28(10-18)15-14(12-5-23-24-6-12)22-11-29-16(15)26-17(27-29)25-13-1-3-30-4-2-13/h5-6,11,13,17,25,27H,1-4,7-10H2,(H,23,24). The van der Waals surface area contributed by atoms with Gasteiger partial charge in [0.25, 0.3) is 0 Å². The maximum absolute atomic E-state index is 13.5. The summed E-state index contributed by atoms with van der Waals surface area (Å²) in [6, 6.07) is 0.337. The first-order valence-electron chi connectivity index (χ1n) is 10.4. The van der Waals surface area contributed by atoms with Crippen LogP contribution in [-0.2, 0) is 4.74 Å². The number of hydrazine groups is 1. The summed E-state index contributed by atoms with van der Waals surface area (Å²) in [6.45, 7) is 2.70. The van der Waals surface area contributed by atoms with Crippen LogP contribution in [0.3, 0.4) is 0 Å². The molecule has 11 heteroatoms. The molecule has 0 amide bonds. The summed E-state index contributed by atoms with van der Waals surface area (Å²) in [6.07, 6.45) is 6.78. The van der Waals surface area contributed by atoms with E-state index in [4.69, 9.17) is 9.73 Å². The number of nitrogens with one attached hydrogen (secondary N) is 3. The Bertz CT molecular complexity index is 905. The highest BCUT2D eigenvalue weighted by atomic mass is 19.3. The van der Waals surface area contributed by atoms with Crippen molar-refractivity contribution in [2.45, 2.75) is 43.9 Å². The number of fused-ring (bicyclic) bond motifs is 1. The molecule has 1 unspecified atom stereocenters. The fourth-order valence-electron chi connectivity index (χ4n) is 5.19. The van der Waals surface area contributed by atoms with Crippen molar-refractivity contribution in [3.05, 3.63) is 23.7 Å². The van der Waals surface area contributed by atoms with Gasteiger partial charge in [0.15, 0.2) is 12.1 Å². The molecule has 0 bridgehead atoms. The Balaban J connectivity index is 1.27. The number of rotatable bonds is 4. The van der Waals surface area contributed by atoms with Crippen molar-refractivity contribution in [1.29, 1.82) is 0 Å². The van der Waals surface area contributed by atoms with E-state index < -0.39 is 5.92 Å². The molecule has 1 atom stereocenters. The zero-order chi connectivity index (χ0) is 20.3. The Labute approximate surface area is 172 Å². The van der Waals surface area contributed by atoms with Gasteiger partial charge in [-0.3, -0.25) is 10.4 Å². The topological polar surface area (TPSA) is 93.2 Å². The number of nitrogens with zero attached hydrogens (tertiary/aromatic N) is 5. The van der Waals surface area contributed by atoms with E-state index in [1.807, 2.05) is 5.01 Å². The molecular weight excluding hydrogens is 394 g/mol. The molecule has 30 heavy (non-hydrogen) atoms. The molecule has 1 saturated carbocycles. The van der Waals surface area contributed by atoms with Crippen LogP contribution in [-0.4, -0.2) is 76.8 Å². The molecule has 3 N–H and O–H groups in total. The quantitative estimate of drug-likeness (QED) is 0.679. The third kappa shape index (κ3) is 3.03. The number of aromatic nitrogens is 2. The predicted molar refractivity (Wildman–Crippen MR) is 105 cm³/mol. The number of likely N-dealkylation sites (tertiary alicyclic amines) is 1. The number of ether oxygens (including phenoxy) is 1. The smallest absolute Gasteiger partial charge is 0.249 e. The van der Waals surface area contributed by atoms with Gasteiger partial charge in [-0.2, -0.15) is 10.5 Å². The second-order valence-electron chi connectivity index (χ2n) is 8.90. The predicted octanol–water partition coefficient (Wildman–Crippen LogP) is 1.12. The summed E-state index contributed by atoms with van der Waals surface area (Å²) in [4.78, 5) is 11.6. The first-order valence-corrected chi connectivity index (χ1v) is 10.4. The lowest BCUT2D eigenvalue weighted by atomic mass is 9.61. The first kappa shape index (κ1) is 18.4. The molecule has 0 aromatic carbocycles. The number of amidine groups is 1. The van der Waals surface area contributed by atoms with E-state index in [9.17, 15) is 8.78 Å². The van der Waals surface area contributed by atoms with E-state index in [1.165, 1.54) is 0 Å². The zero-order valence-electron chi connectivity index (χ0n) is 16.4. The van der Waals surface area contributed by atoms with Crippen molar-refractivity contribution in [3.8, 4) is 0 Å². The van der Waals surface area contributed by atoms with Crippen molar-refractivity contribution >= 4 is 17.9 Å². The molecule has 1 spiro atoms. The third-order valence-corrected chi connectivity index (χ3v) is 6.50. The van der Waals surface area contributed by atoms with Gasteiger partial charge in [0, 0.05) is 62.4 Å². The summed E-state index contributed by atoms with van der Waals surface area (Å²) in [5, 5.41) is 12.2. The number of alkyl halides is 2. The van der Waals surface area contributed by atoms with Crippen molar-refractivity contribution < 1.29 is 13.5 Å². The van der Waals surface area contributed by atoms with Crippen LogP contribution < -0.4 is 10.7 Å². The van der Waals surface area contributed by atoms with Crippen LogP contribution in [0, 0.1) is 5.41 Å². The van der Waals surface area contributed by atoms with Gasteiger partial charge in [0.2, 0.25) is 5.92 Å². The first-order chi connectivity index (χ1) is 14.5. The Hall–Kier alpha value is -2.37. The molecule has 5 heterocycles. The van der Waals surface area contributed by atoms with Gasteiger partial charge in [-0.05, 0) is 12.8 Å². The van der Waals surface area contributed by atoms with E-state index in [-0.39, 0.29) is 24.5 Å². The molecule has 0 radical (unpaired) electrons. The van der Waals surface area contributed by atoms with E-state index >= 15 is 0 Å². The lowest BCUT2D eigenvalue weighted by Gasteiger charge is -2.60. The second kappa shape index (κ2) is 6.56. The average molecular weight is 418 g/mol. The minimum absolute atomic E-state index is 0.0313. The molecule has 5 aliphatic rings. The van der Waals surface area contributed by atoms with Crippen LogP contribution in [0.2, 0.25) is 0 Å². The largest absolute Gasteiger partial charge is 0.381 e. The van der Waals surface area contributed by atoms with Crippen molar-refractivity contribution in [2.75, 3.05) is 26.3 Å². The van der Waals surface area contributed by atoms with E-state index in [0.717, 1.165) is 48.8 Å². The van der Waals surface area contributed by atoms with Crippen molar-refractivity contribution in [1.82, 2.24) is 30.8 Å². The molecule has 6 rings (SSSR count). The highest BCUT2D eigenvalue weighted by Gasteiger charge is 2.62. The fraction of sp³-hybridized carbons (Fsp3) is 0.632. The van der Waals surface area contributed by atoms with Gasteiger partial charge in [-0.1, -0.05) is 0 Å². The Kier molecular flexibility index (Phi) is 4.03. The number of hydrogen-bond donors (Lipinski definition) is 3. The number of aliphatic imine (C=N–C) groups is 2. The van der Waals surface area contributed by atoms with E-state index in [2.05, 4.69) is 30.8 Å². The minimum Gasteiger partial charge on any atom is -0.381 e. The van der Waals surface area contributed by atoms with Gasteiger partial charge < -0.3 is 9.64 Å². The third-order valence-electron chi connectivity index (χ3n) is 6.50. The van der Waals surface area contributed by atoms with Crippen LogP contribution in [0.1, 0.15) is 31.2 Å². The Morgan fingerprint density at radius 2 is 2.00 bits per heavy atom. The molecule has 4 aliphatic heterocycles. The summed E-state index contributed by atoms with van der Waals surface area (Å²) >= 11 is 0. The zero-order valence-corrected chi connectivity index (χ0v) is 16.4. The molecule has 2 saturated heterocycles. The van der Waals surface area contributed by atoms with Gasteiger partial charge in [0.05, 0.1) is 6.20 Å². The SMILES string of the molecule is FC1(F)CC2(CN(C3=C(c4cn[nH]c4)N=CN4NC(NC5CCOCC5)N=C34)C2)C1. The van der Waals surface area contributed by atoms with Crippen LogP contribution in [0.25, 0.3) is 5.70 Å². The normalized spacial score (nSPS) is 29.7. The summed E-state index contributed by atoms with van der Waals surface area (Å²) in [5.41, 5.74) is 5.52. The van der Waals surface area contributed by atoms with Crippen molar-refractivity contribution in [2.24, 2.45) is 15.4 Å². The number of hydrogen-bond acceptors (Lipinski definition) is 8. The summed E-state index contributed by atoms with van der Waals surface area (Å²) < 4.78 is 32.4. The molecule has 1 aromatic rings. The second-order valence-corrected chi connectivity index (χ2v) is 8.90. The highest BCUT2D eigenvalue weighted by Crippen LogP contribution is 2.58. The lowest BCUT2D eigenvalue weighted by Crippen LogP contribution is -2.66. The maximum Gasteiger partial charge on any atom is 0.249 e. The van der Waals surface area contributed by atoms with Gasteiger partial charge in [0.1, 0.15) is 17.7 Å².